The number of hydrogen-bond acceptors (Lipinski definition) is 4. The molecule has 2 aromatic carbocycles. The van der Waals surface area contributed by atoms with Crippen LogP contribution in [-0.4, -0.2) is 61.3 Å². The Bertz CT molecular complexity index is 843. The predicted octanol–water partition coefficient (Wildman–Crippen LogP) is 1.54. The number of hydrogen-bond donors (Lipinski definition) is 1. The second-order valence-electron chi connectivity index (χ2n) is 6.51. The van der Waals surface area contributed by atoms with Crippen LogP contribution in [0.2, 0.25) is 0 Å². The maximum atomic E-state index is 12.6. The number of amides is 3. The molecule has 2 aromatic rings. The molecule has 0 unspecified atom stereocenters. The highest BCUT2D eigenvalue weighted by atomic mass is 16.5. The molecule has 0 atom stereocenters. The highest BCUT2D eigenvalue weighted by Gasteiger charge is 2.21. The number of nitrogens with zero attached hydrogens (tertiary/aromatic N) is 2. The molecule has 1 aliphatic rings. The van der Waals surface area contributed by atoms with E-state index in [4.69, 9.17) is 4.74 Å². The summed E-state index contributed by atoms with van der Waals surface area (Å²) in [4.78, 5) is 39.1. The number of rotatable bonds is 6. The molecular formula is C21H23N3O4. The van der Waals surface area contributed by atoms with Crippen LogP contribution >= 0.6 is 0 Å². The van der Waals surface area contributed by atoms with Gasteiger partial charge in [0.1, 0.15) is 5.75 Å². The van der Waals surface area contributed by atoms with Gasteiger partial charge in [-0.15, -0.1) is 0 Å². The van der Waals surface area contributed by atoms with Crippen molar-refractivity contribution in [3.8, 4) is 5.75 Å². The third-order valence-electron chi connectivity index (χ3n) is 4.78. The Labute approximate surface area is 163 Å². The molecule has 1 N–H and O–H groups in total. The summed E-state index contributed by atoms with van der Waals surface area (Å²) in [6.07, 6.45) is 0.806. The van der Waals surface area contributed by atoms with Gasteiger partial charge >= 0.3 is 0 Å². The van der Waals surface area contributed by atoms with Gasteiger partial charge in [0.25, 0.3) is 11.8 Å². The van der Waals surface area contributed by atoms with Crippen molar-refractivity contribution in [1.82, 2.24) is 15.1 Å². The van der Waals surface area contributed by atoms with Crippen molar-refractivity contribution in [2.24, 2.45) is 0 Å². The summed E-state index contributed by atoms with van der Waals surface area (Å²) in [7, 11) is 1.59. The van der Waals surface area contributed by atoms with E-state index in [-0.39, 0.29) is 11.8 Å². The van der Waals surface area contributed by atoms with Crippen LogP contribution in [0, 0.1) is 0 Å². The molecule has 146 valence electrons. The largest absolute Gasteiger partial charge is 0.496 e. The summed E-state index contributed by atoms with van der Waals surface area (Å²) < 4.78 is 5.28. The van der Waals surface area contributed by atoms with Crippen molar-refractivity contribution in [3.63, 3.8) is 0 Å². The molecule has 0 aromatic heterocycles. The maximum absolute atomic E-state index is 12.6. The third kappa shape index (κ3) is 4.49. The van der Waals surface area contributed by atoms with Crippen LogP contribution < -0.4 is 10.1 Å². The molecular weight excluding hydrogens is 358 g/mol. The second kappa shape index (κ2) is 9.03. The fraction of sp³-hybridized carbons (Fsp3) is 0.286. The first-order valence-corrected chi connectivity index (χ1v) is 9.11. The van der Waals surface area contributed by atoms with Crippen LogP contribution in [0.5, 0.6) is 5.75 Å². The van der Waals surface area contributed by atoms with Gasteiger partial charge in [-0.25, -0.2) is 0 Å². The lowest BCUT2D eigenvalue weighted by Crippen LogP contribution is -2.48. The van der Waals surface area contributed by atoms with E-state index in [0.717, 1.165) is 17.7 Å². The summed E-state index contributed by atoms with van der Waals surface area (Å²) in [5.41, 5.74) is 1.90. The zero-order valence-corrected chi connectivity index (χ0v) is 15.8. The Morgan fingerprint density at radius 2 is 1.64 bits per heavy atom. The van der Waals surface area contributed by atoms with Crippen molar-refractivity contribution < 1.29 is 19.1 Å². The van der Waals surface area contributed by atoms with E-state index < -0.39 is 0 Å². The van der Waals surface area contributed by atoms with Gasteiger partial charge in [-0.3, -0.25) is 14.4 Å². The maximum Gasteiger partial charge on any atom is 0.253 e. The fourth-order valence-electron chi connectivity index (χ4n) is 3.10. The standard InChI is InChI=1S/C21H23N3O4/c1-28-19-5-3-2-4-18(19)14-22-20(26)16-6-8-17(9-7-16)21(27)24-12-10-23(15-25)11-13-24/h2-9,15H,10-14H2,1H3,(H,22,26). The molecule has 0 spiro atoms. The van der Waals surface area contributed by atoms with E-state index in [1.165, 1.54) is 0 Å². The van der Waals surface area contributed by atoms with Crippen molar-refractivity contribution in [2.75, 3.05) is 33.3 Å². The molecule has 1 aliphatic heterocycles. The summed E-state index contributed by atoms with van der Waals surface area (Å²) in [5.74, 6) is 0.412. The van der Waals surface area contributed by atoms with E-state index >= 15 is 0 Å². The molecule has 3 rings (SSSR count). The van der Waals surface area contributed by atoms with Gasteiger partial charge in [-0.1, -0.05) is 18.2 Å². The Morgan fingerprint density at radius 1 is 1.00 bits per heavy atom. The van der Waals surface area contributed by atoms with Crippen molar-refractivity contribution in [1.29, 1.82) is 0 Å². The summed E-state index contributed by atoms with van der Waals surface area (Å²) in [6, 6.07) is 14.1. The number of benzene rings is 2. The second-order valence-corrected chi connectivity index (χ2v) is 6.51. The molecule has 1 heterocycles. The third-order valence-corrected chi connectivity index (χ3v) is 4.78. The lowest BCUT2D eigenvalue weighted by Gasteiger charge is -2.32. The van der Waals surface area contributed by atoms with Crippen LogP contribution in [0.25, 0.3) is 0 Å². The summed E-state index contributed by atoms with van der Waals surface area (Å²) in [6.45, 7) is 2.46. The van der Waals surface area contributed by atoms with Crippen LogP contribution in [0.4, 0.5) is 0 Å². The van der Waals surface area contributed by atoms with Crippen LogP contribution in [-0.2, 0) is 11.3 Å². The molecule has 7 heteroatoms. The van der Waals surface area contributed by atoms with Crippen molar-refractivity contribution >= 4 is 18.2 Å². The highest BCUT2D eigenvalue weighted by molar-refractivity contribution is 5.97. The minimum Gasteiger partial charge on any atom is -0.496 e. The highest BCUT2D eigenvalue weighted by Crippen LogP contribution is 2.17. The predicted molar refractivity (Wildman–Crippen MR) is 104 cm³/mol. The van der Waals surface area contributed by atoms with E-state index in [9.17, 15) is 14.4 Å². The summed E-state index contributed by atoms with van der Waals surface area (Å²) in [5, 5.41) is 2.86. The van der Waals surface area contributed by atoms with Gasteiger partial charge in [-0.2, -0.15) is 0 Å². The number of carbonyl (C=O) groups excluding carboxylic acids is 3. The first kappa shape index (κ1) is 19.4. The molecule has 3 amide bonds. The summed E-state index contributed by atoms with van der Waals surface area (Å²) >= 11 is 0. The number of methoxy groups -OCH3 is 1. The van der Waals surface area contributed by atoms with E-state index in [0.29, 0.717) is 43.9 Å². The Kier molecular flexibility index (Phi) is 6.26. The van der Waals surface area contributed by atoms with Gasteiger partial charge in [0, 0.05) is 49.4 Å². The van der Waals surface area contributed by atoms with Gasteiger partial charge in [0.2, 0.25) is 6.41 Å². The first-order chi connectivity index (χ1) is 13.6. The van der Waals surface area contributed by atoms with Gasteiger partial charge in [0.15, 0.2) is 0 Å². The molecule has 0 radical (unpaired) electrons. The quantitative estimate of drug-likeness (QED) is 0.770. The van der Waals surface area contributed by atoms with Crippen LogP contribution in [0.1, 0.15) is 26.3 Å². The van der Waals surface area contributed by atoms with E-state index in [2.05, 4.69) is 5.32 Å². The molecule has 0 saturated carbocycles. The SMILES string of the molecule is COc1ccccc1CNC(=O)c1ccc(C(=O)N2CCN(C=O)CC2)cc1. The Morgan fingerprint density at radius 3 is 2.29 bits per heavy atom. The Hall–Kier alpha value is -3.35. The van der Waals surface area contributed by atoms with Crippen LogP contribution in [0.15, 0.2) is 48.5 Å². The number of para-hydroxylation sites is 1. The molecule has 7 nitrogen and oxygen atoms in total. The fourth-order valence-corrected chi connectivity index (χ4v) is 3.10. The number of ether oxygens (including phenoxy) is 1. The number of nitrogens with one attached hydrogen (secondary N) is 1. The lowest BCUT2D eigenvalue weighted by molar-refractivity contribution is -0.119. The average Bonchev–Trinajstić information content (AvgIpc) is 2.77. The van der Waals surface area contributed by atoms with E-state index in [1.54, 1.807) is 41.2 Å². The number of piperazine rings is 1. The topological polar surface area (TPSA) is 79.0 Å². The van der Waals surface area contributed by atoms with Crippen molar-refractivity contribution in [3.05, 3.63) is 65.2 Å². The normalized spacial score (nSPS) is 13.8. The molecule has 0 aliphatic carbocycles. The van der Waals surface area contributed by atoms with Gasteiger partial charge < -0.3 is 19.9 Å². The molecule has 28 heavy (non-hydrogen) atoms. The first-order valence-electron chi connectivity index (χ1n) is 9.11. The van der Waals surface area contributed by atoms with Crippen LogP contribution in [0.3, 0.4) is 0 Å². The number of carbonyl (C=O) groups is 3. The Balaban J connectivity index is 1.58. The average molecular weight is 381 g/mol. The minimum absolute atomic E-state index is 0.0912. The molecule has 1 saturated heterocycles. The van der Waals surface area contributed by atoms with Gasteiger partial charge in [0.05, 0.1) is 7.11 Å². The minimum atomic E-state index is -0.218. The monoisotopic (exact) mass is 381 g/mol. The van der Waals surface area contributed by atoms with E-state index in [1.807, 2.05) is 24.3 Å². The zero-order chi connectivity index (χ0) is 19.9. The lowest BCUT2D eigenvalue weighted by atomic mass is 10.1. The smallest absolute Gasteiger partial charge is 0.253 e. The van der Waals surface area contributed by atoms with Gasteiger partial charge in [-0.05, 0) is 30.3 Å². The zero-order valence-electron chi connectivity index (χ0n) is 15.8. The van der Waals surface area contributed by atoms with Crippen molar-refractivity contribution in [2.45, 2.75) is 6.54 Å². The molecule has 1 fully saturated rings. The molecule has 0 bridgehead atoms.